The molecule has 0 aliphatic carbocycles. The number of allylic oxidation sites excluding steroid dienone is 1. The molecule has 6 rings (SSSR count). The monoisotopic (exact) mass is 666 g/mol. The van der Waals surface area contributed by atoms with Crippen LogP contribution in [0, 0.1) is 0 Å². The van der Waals surface area contributed by atoms with Crippen molar-refractivity contribution >= 4 is 46.6 Å². The molecule has 2 aliphatic heterocycles. The van der Waals surface area contributed by atoms with Crippen molar-refractivity contribution < 1.29 is 28.5 Å². The van der Waals surface area contributed by atoms with E-state index in [1.54, 1.807) is 50.3 Å². The van der Waals surface area contributed by atoms with Crippen LogP contribution >= 0.6 is 34.5 Å². The molecule has 2 aliphatic rings. The summed E-state index contributed by atoms with van der Waals surface area (Å²) in [7, 11) is 0. The van der Waals surface area contributed by atoms with Crippen LogP contribution in [0.5, 0.6) is 23.0 Å². The number of fused-ring (bicyclic) bond motifs is 2. The smallest absolute Gasteiger partial charge is 0.338 e. The lowest BCUT2D eigenvalue weighted by Crippen LogP contribution is -2.39. The average molecular weight is 668 g/mol. The molecule has 12 heteroatoms. The average Bonchev–Trinajstić information content (AvgIpc) is 3.60. The van der Waals surface area contributed by atoms with Gasteiger partial charge >= 0.3 is 5.97 Å². The van der Waals surface area contributed by atoms with Crippen LogP contribution in [0.3, 0.4) is 0 Å². The molecule has 0 bridgehead atoms. The molecule has 3 heterocycles. The van der Waals surface area contributed by atoms with Crippen LogP contribution in [-0.2, 0) is 16.1 Å². The quantitative estimate of drug-likeness (QED) is 0.208. The molecule has 0 amide bonds. The number of aromatic nitrogens is 1. The van der Waals surface area contributed by atoms with Gasteiger partial charge in [0.05, 0.1) is 35.1 Å². The Hall–Kier alpha value is -4.25. The van der Waals surface area contributed by atoms with Crippen molar-refractivity contribution in [3.8, 4) is 23.0 Å². The molecule has 0 radical (unpaired) electrons. The Morgan fingerprint density at radius 1 is 1.02 bits per heavy atom. The maximum Gasteiger partial charge on any atom is 0.338 e. The fraction of sp³-hybridized carbons (Fsp3) is 0.242. The van der Waals surface area contributed by atoms with Gasteiger partial charge in [0.15, 0.2) is 27.8 Å². The predicted molar refractivity (Wildman–Crippen MR) is 171 cm³/mol. The first-order chi connectivity index (χ1) is 21.8. The van der Waals surface area contributed by atoms with Gasteiger partial charge in [0.2, 0.25) is 6.79 Å². The summed E-state index contributed by atoms with van der Waals surface area (Å²) >= 11 is 13.6. The topological polar surface area (TPSA) is 97.6 Å². The molecular weight excluding hydrogens is 639 g/mol. The summed E-state index contributed by atoms with van der Waals surface area (Å²) in [5.74, 6) is 1.64. The van der Waals surface area contributed by atoms with Crippen LogP contribution in [-0.4, -0.2) is 30.5 Å². The second-order valence-electron chi connectivity index (χ2n) is 10.1. The Kier molecular flexibility index (Phi) is 8.89. The number of benzene rings is 3. The van der Waals surface area contributed by atoms with Crippen molar-refractivity contribution in [3.63, 3.8) is 0 Å². The highest BCUT2D eigenvalue weighted by atomic mass is 35.5. The summed E-state index contributed by atoms with van der Waals surface area (Å²) in [6, 6.07) is 15.3. The van der Waals surface area contributed by atoms with Gasteiger partial charge in [-0.25, -0.2) is 9.79 Å². The lowest BCUT2D eigenvalue weighted by atomic mass is 9.95. The highest BCUT2D eigenvalue weighted by Gasteiger charge is 2.34. The molecule has 1 aromatic heterocycles. The molecule has 0 saturated heterocycles. The molecule has 0 spiro atoms. The van der Waals surface area contributed by atoms with E-state index < -0.39 is 12.0 Å². The van der Waals surface area contributed by atoms with E-state index >= 15 is 0 Å². The van der Waals surface area contributed by atoms with E-state index in [2.05, 4.69) is 4.99 Å². The number of hydrogen-bond donors (Lipinski definition) is 0. The first-order valence-corrected chi connectivity index (χ1v) is 15.8. The first-order valence-electron chi connectivity index (χ1n) is 14.2. The van der Waals surface area contributed by atoms with Gasteiger partial charge in [-0.15, -0.1) is 0 Å². The highest BCUT2D eigenvalue weighted by molar-refractivity contribution is 7.07. The standard InChI is InChI=1S/C33H28Cl2N2O7S/c1-4-40-26-12-19(6-10-24(26)42-16-21-7-9-22(34)15-23(21)35)13-28-31(38)37-30(20-8-11-25-27(14-20)44-17-43-25)29(32(39)41-5-2)18(3)36-33(37)45-28/h6-15,30H,4-5,16-17H2,1-3H3/b28-13+. The molecule has 0 fully saturated rings. The van der Waals surface area contributed by atoms with E-state index in [1.165, 1.54) is 15.9 Å². The molecule has 1 unspecified atom stereocenters. The van der Waals surface area contributed by atoms with Gasteiger partial charge in [-0.2, -0.15) is 0 Å². The zero-order valence-electron chi connectivity index (χ0n) is 24.6. The fourth-order valence-corrected chi connectivity index (χ4v) is 6.65. The van der Waals surface area contributed by atoms with Gasteiger partial charge in [-0.05, 0) is 74.4 Å². The zero-order valence-corrected chi connectivity index (χ0v) is 26.9. The number of rotatable bonds is 9. The van der Waals surface area contributed by atoms with Gasteiger partial charge < -0.3 is 23.7 Å². The fourth-order valence-electron chi connectivity index (χ4n) is 5.14. The molecule has 45 heavy (non-hydrogen) atoms. The molecule has 0 N–H and O–H groups in total. The molecule has 3 aromatic carbocycles. The molecule has 1 atom stereocenters. The summed E-state index contributed by atoms with van der Waals surface area (Å²) in [4.78, 5) is 32.3. The third-order valence-electron chi connectivity index (χ3n) is 7.19. The maximum absolute atomic E-state index is 14.0. The van der Waals surface area contributed by atoms with E-state index in [9.17, 15) is 9.59 Å². The molecule has 9 nitrogen and oxygen atoms in total. The van der Waals surface area contributed by atoms with Crippen LogP contribution in [0.4, 0.5) is 0 Å². The number of halogens is 2. The number of carbonyl (C=O) groups excluding carboxylic acids is 1. The Balaban J connectivity index is 1.39. The van der Waals surface area contributed by atoms with Crippen molar-refractivity contribution in [1.82, 2.24) is 4.57 Å². The summed E-state index contributed by atoms with van der Waals surface area (Å²) in [6.45, 7) is 6.27. The second-order valence-corrected chi connectivity index (χ2v) is 11.9. The van der Waals surface area contributed by atoms with Gasteiger partial charge in [0.25, 0.3) is 5.56 Å². The lowest BCUT2D eigenvalue weighted by molar-refractivity contribution is -0.139. The van der Waals surface area contributed by atoms with Gasteiger partial charge in [-0.1, -0.05) is 52.7 Å². The van der Waals surface area contributed by atoms with Crippen molar-refractivity contribution in [3.05, 3.63) is 112 Å². The van der Waals surface area contributed by atoms with E-state index in [-0.39, 0.29) is 31.1 Å². The minimum atomic E-state index is -0.772. The Bertz CT molecular complexity index is 2020. The van der Waals surface area contributed by atoms with Crippen LogP contribution in [0.1, 0.15) is 43.5 Å². The van der Waals surface area contributed by atoms with E-state index in [0.717, 1.165) is 11.1 Å². The molecule has 4 aromatic rings. The van der Waals surface area contributed by atoms with E-state index in [0.29, 0.717) is 60.2 Å². The summed E-state index contributed by atoms with van der Waals surface area (Å²) in [5, 5.41) is 1.05. The number of hydrogen-bond acceptors (Lipinski definition) is 9. The molecule has 232 valence electrons. The second kappa shape index (κ2) is 13.0. The van der Waals surface area contributed by atoms with E-state index in [4.69, 9.17) is 46.9 Å². The van der Waals surface area contributed by atoms with Gasteiger partial charge in [-0.3, -0.25) is 9.36 Å². The molecular formula is C33H28Cl2N2O7S. The highest BCUT2D eigenvalue weighted by Crippen LogP contribution is 2.38. The number of thiazole rings is 1. The largest absolute Gasteiger partial charge is 0.490 e. The van der Waals surface area contributed by atoms with Crippen molar-refractivity contribution in [2.45, 2.75) is 33.4 Å². The zero-order chi connectivity index (χ0) is 31.7. The van der Waals surface area contributed by atoms with Crippen LogP contribution in [0.15, 0.2) is 75.7 Å². The first kappa shape index (κ1) is 30.8. The predicted octanol–water partition coefficient (Wildman–Crippen LogP) is 5.81. The maximum atomic E-state index is 14.0. The summed E-state index contributed by atoms with van der Waals surface area (Å²) < 4.78 is 30.3. The van der Waals surface area contributed by atoms with Gasteiger partial charge in [0, 0.05) is 15.6 Å². The number of nitrogens with zero attached hydrogens (tertiary/aromatic N) is 2. The van der Waals surface area contributed by atoms with Crippen molar-refractivity contribution in [2.24, 2.45) is 4.99 Å². The van der Waals surface area contributed by atoms with Crippen molar-refractivity contribution in [2.75, 3.05) is 20.0 Å². The number of ether oxygens (including phenoxy) is 5. The van der Waals surface area contributed by atoms with Crippen LogP contribution in [0.25, 0.3) is 6.08 Å². The summed E-state index contributed by atoms with van der Waals surface area (Å²) in [5.41, 5.74) is 2.64. The normalized spacial score (nSPS) is 15.5. The number of esters is 1. The van der Waals surface area contributed by atoms with Crippen molar-refractivity contribution in [1.29, 1.82) is 0 Å². The minimum absolute atomic E-state index is 0.101. The number of carbonyl (C=O) groups is 1. The molecule has 0 saturated carbocycles. The van der Waals surface area contributed by atoms with Crippen LogP contribution < -0.4 is 33.8 Å². The third-order valence-corrected chi connectivity index (χ3v) is 8.76. The third kappa shape index (κ3) is 6.18. The summed E-state index contributed by atoms with van der Waals surface area (Å²) in [6.07, 6.45) is 1.77. The van der Waals surface area contributed by atoms with Gasteiger partial charge in [0.1, 0.15) is 6.61 Å². The Labute approximate surface area is 272 Å². The SMILES string of the molecule is CCOC(=O)C1=C(C)N=c2s/c(=C/c3ccc(OCc4ccc(Cl)cc4Cl)c(OCC)c3)c(=O)n2C1c1ccc2c(c1)OCO2. The van der Waals surface area contributed by atoms with Crippen LogP contribution in [0.2, 0.25) is 10.0 Å². The lowest BCUT2D eigenvalue weighted by Gasteiger charge is -2.24. The Morgan fingerprint density at radius 2 is 1.84 bits per heavy atom. The van der Waals surface area contributed by atoms with E-state index in [1.807, 2.05) is 31.2 Å². The Morgan fingerprint density at radius 3 is 2.62 bits per heavy atom. The minimum Gasteiger partial charge on any atom is -0.490 e.